The predicted octanol–water partition coefficient (Wildman–Crippen LogP) is 2.67. The Morgan fingerprint density at radius 2 is 1.93 bits per heavy atom. The number of rotatable bonds is 7. The first-order valence-electron chi connectivity index (χ1n) is 8.48. The Hall–Kier alpha value is -3.79. The molecule has 2 aromatic rings. The van der Waals surface area contributed by atoms with Crippen molar-refractivity contribution in [3.05, 3.63) is 59.2 Å². The van der Waals surface area contributed by atoms with Gasteiger partial charge in [-0.2, -0.15) is 5.26 Å². The van der Waals surface area contributed by atoms with E-state index >= 15 is 0 Å². The molecule has 2 rings (SSSR count). The van der Waals surface area contributed by atoms with Crippen LogP contribution in [-0.2, 0) is 9.59 Å². The van der Waals surface area contributed by atoms with Crippen LogP contribution in [0.3, 0.4) is 0 Å². The maximum Gasteiger partial charge on any atom is 0.262 e. The van der Waals surface area contributed by atoms with Crippen LogP contribution in [0.2, 0.25) is 0 Å². The van der Waals surface area contributed by atoms with Gasteiger partial charge in [-0.3, -0.25) is 9.59 Å². The molecule has 0 aliphatic carbocycles. The number of carbonyl (C=O) groups excluding carboxylic acids is 2. The Morgan fingerprint density at radius 3 is 2.57 bits per heavy atom. The summed E-state index contributed by atoms with van der Waals surface area (Å²) in [5.74, 6) is -0.0222. The van der Waals surface area contributed by atoms with E-state index in [1.807, 2.05) is 37.3 Å². The topological polar surface area (TPSA) is 100 Å². The third kappa shape index (κ3) is 5.35. The van der Waals surface area contributed by atoms with Gasteiger partial charge in [0.2, 0.25) is 0 Å². The van der Waals surface area contributed by atoms with Crippen molar-refractivity contribution >= 4 is 23.6 Å². The van der Waals surface area contributed by atoms with Crippen LogP contribution in [0.15, 0.2) is 48.0 Å². The SMILES string of the molecule is CNC(=O)/C(C#N)=C\c1ccc(OCC(=O)Nc2ccccc2C)c(OC)c1. The largest absolute Gasteiger partial charge is 0.493 e. The molecular weight excluding hydrogens is 358 g/mol. The summed E-state index contributed by atoms with van der Waals surface area (Å²) in [6, 6.07) is 14.2. The smallest absolute Gasteiger partial charge is 0.262 e. The lowest BCUT2D eigenvalue weighted by atomic mass is 10.1. The van der Waals surface area contributed by atoms with Gasteiger partial charge in [-0.05, 0) is 42.3 Å². The molecule has 0 unspecified atom stereocenters. The van der Waals surface area contributed by atoms with Crippen molar-refractivity contribution in [2.24, 2.45) is 0 Å². The average molecular weight is 379 g/mol. The normalized spacial score (nSPS) is 10.6. The molecule has 144 valence electrons. The van der Waals surface area contributed by atoms with E-state index in [4.69, 9.17) is 14.7 Å². The van der Waals surface area contributed by atoms with E-state index in [9.17, 15) is 9.59 Å². The van der Waals surface area contributed by atoms with Gasteiger partial charge in [0.25, 0.3) is 11.8 Å². The van der Waals surface area contributed by atoms with Crippen LogP contribution >= 0.6 is 0 Å². The van der Waals surface area contributed by atoms with Gasteiger partial charge in [0.05, 0.1) is 7.11 Å². The fourth-order valence-corrected chi connectivity index (χ4v) is 2.39. The highest BCUT2D eigenvalue weighted by Crippen LogP contribution is 2.29. The molecule has 2 amide bonds. The second-order valence-corrected chi connectivity index (χ2v) is 5.81. The Morgan fingerprint density at radius 1 is 1.18 bits per heavy atom. The number of carbonyl (C=O) groups is 2. The summed E-state index contributed by atoms with van der Waals surface area (Å²) in [5, 5.41) is 14.3. The van der Waals surface area contributed by atoms with Crippen molar-refractivity contribution in [3.63, 3.8) is 0 Å². The standard InChI is InChI=1S/C21H21N3O4/c1-14-6-4-5-7-17(14)24-20(25)13-28-18-9-8-15(11-19(18)27-3)10-16(12-22)21(26)23-2/h4-11H,13H2,1-3H3,(H,23,26)(H,24,25)/b16-10-. The number of para-hydroxylation sites is 1. The zero-order valence-electron chi connectivity index (χ0n) is 15.9. The van der Waals surface area contributed by atoms with E-state index in [0.717, 1.165) is 11.3 Å². The van der Waals surface area contributed by atoms with Gasteiger partial charge in [0, 0.05) is 12.7 Å². The van der Waals surface area contributed by atoms with E-state index < -0.39 is 5.91 Å². The van der Waals surface area contributed by atoms with Crippen molar-refractivity contribution in [2.45, 2.75) is 6.92 Å². The molecule has 28 heavy (non-hydrogen) atoms. The molecular formula is C21H21N3O4. The molecule has 0 aliphatic rings. The van der Waals surface area contributed by atoms with E-state index in [-0.39, 0.29) is 18.1 Å². The van der Waals surface area contributed by atoms with Gasteiger partial charge < -0.3 is 20.1 Å². The van der Waals surface area contributed by atoms with Crippen LogP contribution in [0.1, 0.15) is 11.1 Å². The zero-order chi connectivity index (χ0) is 20.5. The number of benzene rings is 2. The summed E-state index contributed by atoms with van der Waals surface area (Å²) in [4.78, 5) is 23.7. The van der Waals surface area contributed by atoms with Gasteiger partial charge in [-0.25, -0.2) is 0 Å². The quantitative estimate of drug-likeness (QED) is 0.569. The lowest BCUT2D eigenvalue weighted by Crippen LogP contribution is -2.20. The van der Waals surface area contributed by atoms with Crippen LogP contribution in [-0.4, -0.2) is 32.6 Å². The number of hydrogen-bond donors (Lipinski definition) is 2. The minimum atomic E-state index is -0.477. The summed E-state index contributed by atoms with van der Waals surface area (Å²) in [6.45, 7) is 1.71. The Labute approximate surface area is 163 Å². The maximum atomic E-state index is 12.1. The van der Waals surface area contributed by atoms with E-state index in [0.29, 0.717) is 17.1 Å². The summed E-state index contributed by atoms with van der Waals surface area (Å²) in [7, 11) is 2.92. The van der Waals surface area contributed by atoms with Gasteiger partial charge in [0.1, 0.15) is 11.6 Å². The number of nitriles is 1. The highest BCUT2D eigenvalue weighted by molar-refractivity contribution is 6.01. The first kappa shape index (κ1) is 20.5. The van der Waals surface area contributed by atoms with Gasteiger partial charge in [-0.1, -0.05) is 24.3 Å². The molecule has 0 aliphatic heterocycles. The van der Waals surface area contributed by atoms with E-state index in [1.54, 1.807) is 18.2 Å². The molecule has 0 saturated heterocycles. The molecule has 0 bridgehead atoms. The molecule has 0 atom stereocenters. The van der Waals surface area contributed by atoms with Crippen molar-refractivity contribution in [1.29, 1.82) is 5.26 Å². The minimum Gasteiger partial charge on any atom is -0.493 e. The third-order valence-corrected chi connectivity index (χ3v) is 3.87. The summed E-state index contributed by atoms with van der Waals surface area (Å²) in [6.07, 6.45) is 1.44. The number of anilines is 1. The van der Waals surface area contributed by atoms with Crippen LogP contribution < -0.4 is 20.1 Å². The summed E-state index contributed by atoms with van der Waals surface area (Å²) in [5.41, 5.74) is 2.24. The first-order valence-corrected chi connectivity index (χ1v) is 8.48. The van der Waals surface area contributed by atoms with Crippen molar-refractivity contribution < 1.29 is 19.1 Å². The molecule has 7 heteroatoms. The number of aryl methyl sites for hydroxylation is 1. The molecule has 0 heterocycles. The Bertz CT molecular complexity index is 945. The lowest BCUT2D eigenvalue weighted by molar-refractivity contribution is -0.118. The van der Waals surface area contributed by atoms with Gasteiger partial charge >= 0.3 is 0 Å². The Balaban J connectivity index is 2.09. The highest BCUT2D eigenvalue weighted by atomic mass is 16.5. The molecule has 2 aromatic carbocycles. The lowest BCUT2D eigenvalue weighted by Gasteiger charge is -2.12. The Kier molecular flexibility index (Phi) is 7.17. The van der Waals surface area contributed by atoms with Gasteiger partial charge in [0.15, 0.2) is 18.1 Å². The highest BCUT2D eigenvalue weighted by Gasteiger charge is 2.11. The minimum absolute atomic E-state index is 0.0316. The number of hydrogen-bond acceptors (Lipinski definition) is 5. The fraction of sp³-hybridized carbons (Fsp3) is 0.190. The number of nitrogens with zero attached hydrogens (tertiary/aromatic N) is 1. The van der Waals surface area contributed by atoms with Crippen LogP contribution in [0, 0.1) is 18.3 Å². The number of amides is 2. The number of methoxy groups -OCH3 is 1. The molecule has 7 nitrogen and oxygen atoms in total. The van der Waals surface area contributed by atoms with Crippen LogP contribution in [0.5, 0.6) is 11.5 Å². The van der Waals surface area contributed by atoms with Crippen molar-refractivity contribution in [3.8, 4) is 17.6 Å². The first-order chi connectivity index (χ1) is 13.5. The second kappa shape index (κ2) is 9.78. The van der Waals surface area contributed by atoms with Crippen LogP contribution in [0.4, 0.5) is 5.69 Å². The molecule has 0 aromatic heterocycles. The number of likely N-dealkylation sites (N-methyl/N-ethyl adjacent to an activating group) is 1. The van der Waals surface area contributed by atoms with Crippen molar-refractivity contribution in [2.75, 3.05) is 26.1 Å². The third-order valence-electron chi connectivity index (χ3n) is 3.87. The van der Waals surface area contributed by atoms with Crippen molar-refractivity contribution in [1.82, 2.24) is 5.32 Å². The zero-order valence-corrected chi connectivity index (χ0v) is 15.9. The van der Waals surface area contributed by atoms with Crippen LogP contribution in [0.25, 0.3) is 6.08 Å². The fourth-order valence-electron chi connectivity index (χ4n) is 2.39. The van der Waals surface area contributed by atoms with E-state index in [2.05, 4.69) is 10.6 Å². The maximum absolute atomic E-state index is 12.1. The molecule has 0 spiro atoms. The molecule has 0 radical (unpaired) electrons. The molecule has 0 saturated carbocycles. The molecule has 0 fully saturated rings. The number of nitrogens with one attached hydrogen (secondary N) is 2. The average Bonchev–Trinajstić information content (AvgIpc) is 2.71. The monoisotopic (exact) mass is 379 g/mol. The predicted molar refractivity (Wildman–Crippen MR) is 106 cm³/mol. The summed E-state index contributed by atoms with van der Waals surface area (Å²) < 4.78 is 10.8. The molecule has 2 N–H and O–H groups in total. The van der Waals surface area contributed by atoms with Gasteiger partial charge in [-0.15, -0.1) is 0 Å². The number of ether oxygens (including phenoxy) is 2. The van der Waals surface area contributed by atoms with E-state index in [1.165, 1.54) is 20.2 Å². The second-order valence-electron chi connectivity index (χ2n) is 5.81. The summed E-state index contributed by atoms with van der Waals surface area (Å²) >= 11 is 0.